The molecule has 3 aromatic rings. The number of aromatic hydroxyl groups is 1. The van der Waals surface area contributed by atoms with Gasteiger partial charge >= 0.3 is 0 Å². The molecule has 2 aromatic heterocycles. The molecule has 0 aliphatic rings. The quantitative estimate of drug-likeness (QED) is 0.666. The summed E-state index contributed by atoms with van der Waals surface area (Å²) in [5, 5.41) is 13.2. The van der Waals surface area contributed by atoms with E-state index in [2.05, 4.69) is 45.2 Å². The summed E-state index contributed by atoms with van der Waals surface area (Å²) in [6, 6.07) is 4.15. The molecule has 0 saturated carbocycles. The molecule has 6 nitrogen and oxygen atoms in total. The molecule has 3 rings (SSSR count). The van der Waals surface area contributed by atoms with Crippen molar-refractivity contribution in [3.05, 3.63) is 35.2 Å². The first-order chi connectivity index (χ1) is 9.52. The Hall–Kier alpha value is -2.63. The number of nitrogens with zero attached hydrogens (tertiary/aromatic N) is 3. The fraction of sp³-hybridized carbons (Fsp3) is 0.214. The summed E-state index contributed by atoms with van der Waals surface area (Å²) < 4.78 is 0. The van der Waals surface area contributed by atoms with E-state index >= 15 is 0 Å². The van der Waals surface area contributed by atoms with Gasteiger partial charge in [-0.1, -0.05) is 0 Å². The predicted octanol–water partition coefficient (Wildman–Crippen LogP) is 2.73. The molecule has 1 aromatic carbocycles. The second-order valence-corrected chi connectivity index (χ2v) is 4.83. The molecule has 0 radical (unpaired) electrons. The Labute approximate surface area is 115 Å². The maximum atomic E-state index is 9.23. The van der Waals surface area contributed by atoms with Gasteiger partial charge < -0.3 is 5.11 Å². The average molecular weight is 269 g/mol. The third-order valence-corrected chi connectivity index (χ3v) is 3.29. The minimum atomic E-state index is -0.00326. The van der Waals surface area contributed by atoms with Crippen LogP contribution in [0.4, 0.5) is 11.9 Å². The zero-order valence-corrected chi connectivity index (χ0v) is 11.5. The van der Waals surface area contributed by atoms with Crippen LogP contribution < -0.4 is 5.32 Å². The number of nitrogens with one attached hydrogen (secondary N) is 2. The summed E-state index contributed by atoms with van der Waals surface area (Å²) in [6.07, 6.45) is 1.32. The molecule has 3 N–H and O–H groups in total. The van der Waals surface area contributed by atoms with Gasteiger partial charge in [0, 0.05) is 5.39 Å². The third kappa shape index (κ3) is 2.16. The Balaban J connectivity index is 2.07. The van der Waals surface area contributed by atoms with Gasteiger partial charge in [-0.2, -0.15) is 0 Å². The molecule has 0 unspecified atom stereocenters. The van der Waals surface area contributed by atoms with Gasteiger partial charge in [-0.3, -0.25) is 10.3 Å². The fourth-order valence-electron chi connectivity index (χ4n) is 2.08. The van der Waals surface area contributed by atoms with Crippen LogP contribution in [-0.2, 0) is 0 Å². The molecule has 20 heavy (non-hydrogen) atoms. The van der Waals surface area contributed by atoms with E-state index in [1.807, 2.05) is 13.0 Å². The fourth-order valence-corrected chi connectivity index (χ4v) is 2.08. The van der Waals surface area contributed by atoms with Crippen LogP contribution in [-0.4, -0.2) is 25.0 Å². The highest BCUT2D eigenvalue weighted by atomic mass is 16.3. The number of H-pyrrole nitrogens is 1. The first-order valence-corrected chi connectivity index (χ1v) is 6.29. The minimum absolute atomic E-state index is 0.00326. The van der Waals surface area contributed by atoms with E-state index in [1.165, 1.54) is 17.3 Å². The number of hydrogen-bond acceptors (Lipinski definition) is 5. The van der Waals surface area contributed by atoms with Crippen molar-refractivity contribution in [1.82, 2.24) is 19.9 Å². The molecule has 0 spiro atoms. The van der Waals surface area contributed by atoms with Crippen molar-refractivity contribution in [3.63, 3.8) is 0 Å². The van der Waals surface area contributed by atoms with Crippen molar-refractivity contribution in [2.24, 2.45) is 0 Å². The van der Waals surface area contributed by atoms with Gasteiger partial charge in [-0.05, 0) is 44.0 Å². The minimum Gasteiger partial charge on any atom is -0.493 e. The number of fused-ring (bicyclic) bond motifs is 1. The molecular formula is C14H15N5O. The lowest BCUT2D eigenvalue weighted by Gasteiger charge is -2.08. The van der Waals surface area contributed by atoms with Gasteiger partial charge in [0.15, 0.2) is 0 Å². The highest BCUT2D eigenvalue weighted by Crippen LogP contribution is 2.22. The number of aromatic nitrogens is 4. The van der Waals surface area contributed by atoms with Crippen LogP contribution in [0.15, 0.2) is 18.3 Å². The number of rotatable bonds is 2. The van der Waals surface area contributed by atoms with Crippen molar-refractivity contribution >= 4 is 22.8 Å². The molecule has 6 heteroatoms. The van der Waals surface area contributed by atoms with Crippen LogP contribution in [0.1, 0.15) is 16.8 Å². The van der Waals surface area contributed by atoms with Gasteiger partial charge in [0.05, 0.1) is 17.4 Å². The Morgan fingerprint density at radius 3 is 2.55 bits per heavy atom. The predicted molar refractivity (Wildman–Crippen MR) is 77.3 cm³/mol. The highest BCUT2D eigenvalue weighted by molar-refractivity contribution is 5.83. The van der Waals surface area contributed by atoms with Crippen molar-refractivity contribution in [1.29, 1.82) is 0 Å². The summed E-state index contributed by atoms with van der Waals surface area (Å²) in [5.74, 6) is 0.856. The largest absolute Gasteiger partial charge is 0.493 e. The summed E-state index contributed by atoms with van der Waals surface area (Å²) in [7, 11) is 0. The highest BCUT2D eigenvalue weighted by Gasteiger charge is 2.08. The van der Waals surface area contributed by atoms with Crippen LogP contribution in [0, 0.1) is 20.8 Å². The first-order valence-electron chi connectivity index (χ1n) is 6.29. The van der Waals surface area contributed by atoms with Crippen molar-refractivity contribution < 1.29 is 5.11 Å². The summed E-state index contributed by atoms with van der Waals surface area (Å²) in [4.78, 5) is 15.5. The molecule has 0 atom stereocenters. The Morgan fingerprint density at radius 1 is 1.10 bits per heavy atom. The first kappa shape index (κ1) is 12.4. The number of aryl methyl sites for hydroxylation is 3. The average Bonchev–Trinajstić information content (AvgIpc) is 2.77. The van der Waals surface area contributed by atoms with Gasteiger partial charge in [-0.15, -0.1) is 0 Å². The number of imidazole rings is 1. The maximum absolute atomic E-state index is 9.23. The second kappa shape index (κ2) is 4.48. The Kier molecular flexibility index (Phi) is 2.78. The molecule has 0 amide bonds. The molecule has 0 saturated heterocycles. The van der Waals surface area contributed by atoms with Gasteiger partial charge in [0.1, 0.15) is 0 Å². The third-order valence-electron chi connectivity index (χ3n) is 3.29. The summed E-state index contributed by atoms with van der Waals surface area (Å²) >= 11 is 0. The number of benzene rings is 1. The van der Waals surface area contributed by atoms with E-state index in [0.29, 0.717) is 11.9 Å². The zero-order chi connectivity index (χ0) is 14.3. The van der Waals surface area contributed by atoms with Crippen molar-refractivity contribution in [3.8, 4) is 5.88 Å². The van der Waals surface area contributed by atoms with E-state index in [0.717, 1.165) is 16.6 Å². The molecule has 0 aliphatic heterocycles. The lowest BCUT2D eigenvalue weighted by molar-refractivity contribution is 0.457. The number of aromatic amines is 1. The second-order valence-electron chi connectivity index (χ2n) is 4.83. The summed E-state index contributed by atoms with van der Waals surface area (Å²) in [6.45, 7) is 6.08. The SMILES string of the molecule is Cc1cc2nc(Nc3ncc(O)[nH]3)nc(C)c2cc1C. The topological polar surface area (TPSA) is 86.7 Å². The van der Waals surface area contributed by atoms with E-state index in [-0.39, 0.29) is 5.88 Å². The molecule has 0 fully saturated rings. The van der Waals surface area contributed by atoms with Crippen molar-refractivity contribution in [2.45, 2.75) is 20.8 Å². The summed E-state index contributed by atoms with van der Waals surface area (Å²) in [5.41, 5.74) is 4.20. The Bertz CT molecular complexity index is 794. The van der Waals surface area contributed by atoms with E-state index in [4.69, 9.17) is 0 Å². The van der Waals surface area contributed by atoms with Crippen LogP contribution >= 0.6 is 0 Å². The van der Waals surface area contributed by atoms with E-state index < -0.39 is 0 Å². The molecule has 0 bridgehead atoms. The van der Waals surface area contributed by atoms with Gasteiger partial charge in [0.25, 0.3) is 0 Å². The van der Waals surface area contributed by atoms with Crippen LogP contribution in [0.3, 0.4) is 0 Å². The maximum Gasteiger partial charge on any atom is 0.230 e. The number of anilines is 2. The number of hydrogen-bond donors (Lipinski definition) is 3. The van der Waals surface area contributed by atoms with Crippen LogP contribution in [0.2, 0.25) is 0 Å². The lowest BCUT2D eigenvalue weighted by Crippen LogP contribution is -2.01. The van der Waals surface area contributed by atoms with Crippen molar-refractivity contribution in [2.75, 3.05) is 5.32 Å². The normalized spacial score (nSPS) is 10.9. The van der Waals surface area contributed by atoms with E-state index in [1.54, 1.807) is 0 Å². The van der Waals surface area contributed by atoms with E-state index in [9.17, 15) is 5.11 Å². The lowest BCUT2D eigenvalue weighted by atomic mass is 10.1. The molecule has 102 valence electrons. The van der Waals surface area contributed by atoms with Crippen LogP contribution in [0.5, 0.6) is 5.88 Å². The zero-order valence-electron chi connectivity index (χ0n) is 11.5. The standard InChI is InChI=1S/C14H15N5O/c1-7-4-10-9(3)16-14(17-11(10)5-8(7)2)19-13-15-6-12(20)18-13/h4-6,20H,1-3H3,(H2,15,16,17,18,19). The van der Waals surface area contributed by atoms with Crippen LogP contribution in [0.25, 0.3) is 10.9 Å². The monoisotopic (exact) mass is 269 g/mol. The molecular weight excluding hydrogens is 254 g/mol. The van der Waals surface area contributed by atoms with Gasteiger partial charge in [-0.25, -0.2) is 15.0 Å². The molecule has 2 heterocycles. The smallest absolute Gasteiger partial charge is 0.230 e. The molecule has 0 aliphatic carbocycles. The van der Waals surface area contributed by atoms with Gasteiger partial charge in [0.2, 0.25) is 17.8 Å². The Morgan fingerprint density at radius 2 is 1.85 bits per heavy atom.